The molecule has 0 saturated carbocycles. The van der Waals surface area contributed by atoms with Gasteiger partial charge in [0.25, 0.3) is 0 Å². The average molecular weight is 224 g/mol. The van der Waals surface area contributed by atoms with E-state index in [1.807, 2.05) is 19.2 Å². The maximum Gasteiger partial charge on any atom is 0.0928 e. The normalized spacial score (nSPS) is 12.7. The van der Waals surface area contributed by atoms with E-state index in [0.29, 0.717) is 6.61 Å². The van der Waals surface area contributed by atoms with Crippen LogP contribution in [0.25, 0.3) is 0 Å². The minimum atomic E-state index is 0.100. The summed E-state index contributed by atoms with van der Waals surface area (Å²) in [7, 11) is 3.37. The molecular formula is C12H20N2O2. The fourth-order valence-corrected chi connectivity index (χ4v) is 1.38. The minimum Gasteiger partial charge on any atom is -0.382 e. The Morgan fingerprint density at radius 2 is 2.19 bits per heavy atom. The molecule has 1 aromatic rings. The molecule has 1 heterocycles. The minimum absolute atomic E-state index is 0.100. The Morgan fingerprint density at radius 1 is 1.38 bits per heavy atom. The SMILES string of the molecule is COCC(CNCc1ccc(C)nc1)OC. The van der Waals surface area contributed by atoms with E-state index >= 15 is 0 Å². The maximum absolute atomic E-state index is 5.24. The molecule has 4 heteroatoms. The molecule has 0 aliphatic carbocycles. The van der Waals surface area contributed by atoms with Gasteiger partial charge >= 0.3 is 0 Å². The fourth-order valence-electron chi connectivity index (χ4n) is 1.38. The third kappa shape index (κ3) is 4.70. The van der Waals surface area contributed by atoms with Crippen LogP contribution in [-0.4, -0.2) is 38.5 Å². The van der Waals surface area contributed by atoms with E-state index in [1.165, 1.54) is 5.56 Å². The van der Waals surface area contributed by atoms with Gasteiger partial charge in [0.2, 0.25) is 0 Å². The third-order valence-corrected chi connectivity index (χ3v) is 2.36. The molecule has 0 fully saturated rings. The molecule has 0 radical (unpaired) electrons. The van der Waals surface area contributed by atoms with Gasteiger partial charge in [-0.2, -0.15) is 0 Å². The zero-order chi connectivity index (χ0) is 11.8. The summed E-state index contributed by atoms with van der Waals surface area (Å²) in [5.74, 6) is 0. The van der Waals surface area contributed by atoms with Crippen molar-refractivity contribution < 1.29 is 9.47 Å². The van der Waals surface area contributed by atoms with Crippen LogP contribution in [0.1, 0.15) is 11.3 Å². The number of hydrogen-bond acceptors (Lipinski definition) is 4. The van der Waals surface area contributed by atoms with Crippen LogP contribution in [0.3, 0.4) is 0 Å². The first-order valence-corrected chi connectivity index (χ1v) is 5.40. The maximum atomic E-state index is 5.24. The number of aromatic nitrogens is 1. The Hall–Kier alpha value is -0.970. The van der Waals surface area contributed by atoms with Crippen molar-refractivity contribution in [3.05, 3.63) is 29.6 Å². The predicted octanol–water partition coefficient (Wildman–Crippen LogP) is 1.14. The van der Waals surface area contributed by atoms with Crippen LogP contribution < -0.4 is 5.32 Å². The van der Waals surface area contributed by atoms with Crippen molar-refractivity contribution in [3.63, 3.8) is 0 Å². The van der Waals surface area contributed by atoms with Crippen molar-refractivity contribution in [2.24, 2.45) is 0 Å². The molecule has 0 saturated heterocycles. The monoisotopic (exact) mass is 224 g/mol. The van der Waals surface area contributed by atoms with Crippen molar-refractivity contribution in [1.29, 1.82) is 0 Å². The third-order valence-electron chi connectivity index (χ3n) is 2.36. The number of pyridine rings is 1. The van der Waals surface area contributed by atoms with E-state index in [0.717, 1.165) is 18.8 Å². The highest BCUT2D eigenvalue weighted by Crippen LogP contribution is 1.99. The van der Waals surface area contributed by atoms with Gasteiger partial charge < -0.3 is 14.8 Å². The van der Waals surface area contributed by atoms with Gasteiger partial charge in [0.15, 0.2) is 0 Å². The van der Waals surface area contributed by atoms with Gasteiger partial charge in [0, 0.05) is 39.2 Å². The number of rotatable bonds is 7. The molecule has 0 aliphatic heterocycles. The summed E-state index contributed by atoms with van der Waals surface area (Å²) in [5.41, 5.74) is 2.22. The molecule has 1 N–H and O–H groups in total. The van der Waals surface area contributed by atoms with Gasteiger partial charge in [-0.25, -0.2) is 0 Å². The van der Waals surface area contributed by atoms with Gasteiger partial charge in [-0.15, -0.1) is 0 Å². The van der Waals surface area contributed by atoms with Gasteiger partial charge in [-0.1, -0.05) is 6.07 Å². The summed E-state index contributed by atoms with van der Waals surface area (Å²) in [6, 6.07) is 4.09. The lowest BCUT2D eigenvalue weighted by Crippen LogP contribution is -2.31. The second kappa shape index (κ2) is 7.33. The van der Waals surface area contributed by atoms with Crippen molar-refractivity contribution in [1.82, 2.24) is 10.3 Å². The van der Waals surface area contributed by atoms with Crippen molar-refractivity contribution >= 4 is 0 Å². The molecule has 1 rings (SSSR count). The number of hydrogen-bond donors (Lipinski definition) is 1. The van der Waals surface area contributed by atoms with Crippen LogP contribution in [0.5, 0.6) is 0 Å². The smallest absolute Gasteiger partial charge is 0.0928 e. The van der Waals surface area contributed by atoms with Crippen molar-refractivity contribution in [2.75, 3.05) is 27.4 Å². The first-order chi connectivity index (χ1) is 7.76. The molecule has 16 heavy (non-hydrogen) atoms. The lowest BCUT2D eigenvalue weighted by atomic mass is 10.2. The van der Waals surface area contributed by atoms with Crippen LogP contribution in [0.15, 0.2) is 18.3 Å². The predicted molar refractivity (Wildman–Crippen MR) is 63.4 cm³/mol. The summed E-state index contributed by atoms with van der Waals surface area (Å²) in [6.45, 7) is 4.17. The molecule has 90 valence electrons. The number of nitrogens with one attached hydrogen (secondary N) is 1. The van der Waals surface area contributed by atoms with Crippen molar-refractivity contribution in [2.45, 2.75) is 19.6 Å². The van der Waals surface area contributed by atoms with Crippen LogP contribution in [0.4, 0.5) is 0 Å². The van der Waals surface area contributed by atoms with E-state index in [2.05, 4.69) is 16.4 Å². The van der Waals surface area contributed by atoms with E-state index < -0.39 is 0 Å². The molecule has 1 atom stereocenters. The van der Waals surface area contributed by atoms with Gasteiger partial charge in [-0.05, 0) is 18.6 Å². The second-order valence-corrected chi connectivity index (χ2v) is 3.75. The zero-order valence-electron chi connectivity index (χ0n) is 10.2. The van der Waals surface area contributed by atoms with Gasteiger partial charge in [0.1, 0.15) is 0 Å². The topological polar surface area (TPSA) is 43.4 Å². The summed E-state index contributed by atoms with van der Waals surface area (Å²) in [6.07, 6.45) is 1.99. The quantitative estimate of drug-likeness (QED) is 0.754. The first-order valence-electron chi connectivity index (χ1n) is 5.40. The van der Waals surface area contributed by atoms with Crippen LogP contribution in [-0.2, 0) is 16.0 Å². The summed E-state index contributed by atoms with van der Waals surface area (Å²) in [5, 5.41) is 3.31. The highest BCUT2D eigenvalue weighted by molar-refractivity contribution is 5.12. The molecule has 1 unspecified atom stereocenters. The van der Waals surface area contributed by atoms with Gasteiger partial charge in [-0.3, -0.25) is 4.98 Å². The highest BCUT2D eigenvalue weighted by atomic mass is 16.5. The molecule has 0 bridgehead atoms. The number of nitrogens with zero attached hydrogens (tertiary/aromatic N) is 1. The molecule has 4 nitrogen and oxygen atoms in total. The number of methoxy groups -OCH3 is 2. The Labute approximate surface area is 97.0 Å². The number of ether oxygens (including phenoxy) is 2. The highest BCUT2D eigenvalue weighted by Gasteiger charge is 2.05. The summed E-state index contributed by atoms with van der Waals surface area (Å²) in [4.78, 5) is 4.24. The Bertz CT molecular complexity index is 288. The fraction of sp³-hybridized carbons (Fsp3) is 0.583. The molecule has 0 aliphatic rings. The van der Waals surface area contributed by atoms with Crippen molar-refractivity contribution in [3.8, 4) is 0 Å². The lowest BCUT2D eigenvalue weighted by Gasteiger charge is -2.14. The molecule has 0 amide bonds. The summed E-state index contributed by atoms with van der Waals surface area (Å²) >= 11 is 0. The molecule has 0 spiro atoms. The van der Waals surface area contributed by atoms with Gasteiger partial charge in [0.05, 0.1) is 12.7 Å². The van der Waals surface area contributed by atoms with Crippen LogP contribution >= 0.6 is 0 Å². The molecule has 0 aromatic carbocycles. The van der Waals surface area contributed by atoms with Crippen LogP contribution in [0, 0.1) is 6.92 Å². The van der Waals surface area contributed by atoms with E-state index in [1.54, 1.807) is 14.2 Å². The molecule has 1 aromatic heterocycles. The zero-order valence-corrected chi connectivity index (χ0v) is 10.2. The standard InChI is InChI=1S/C12H20N2O2/c1-10-4-5-11(7-14-10)6-13-8-12(16-3)9-15-2/h4-5,7,12-13H,6,8-9H2,1-3H3. The summed E-state index contributed by atoms with van der Waals surface area (Å²) < 4.78 is 10.3. The van der Waals surface area contributed by atoms with E-state index in [-0.39, 0.29) is 6.10 Å². The molecular weight excluding hydrogens is 204 g/mol. The lowest BCUT2D eigenvalue weighted by molar-refractivity contribution is 0.0288. The largest absolute Gasteiger partial charge is 0.382 e. The van der Waals surface area contributed by atoms with Crippen LogP contribution in [0.2, 0.25) is 0 Å². The first kappa shape index (κ1) is 13.1. The second-order valence-electron chi connectivity index (χ2n) is 3.75. The number of aryl methyl sites for hydroxylation is 1. The Balaban J connectivity index is 2.26. The van der Waals surface area contributed by atoms with E-state index in [9.17, 15) is 0 Å². The Morgan fingerprint density at radius 3 is 2.75 bits per heavy atom. The van der Waals surface area contributed by atoms with E-state index in [4.69, 9.17) is 9.47 Å². The average Bonchev–Trinajstić information content (AvgIpc) is 2.30. The Kier molecular flexibility index (Phi) is 6.00.